The molecule has 1 aliphatic carbocycles. The molecule has 0 radical (unpaired) electrons. The zero-order chi connectivity index (χ0) is 20.1. The summed E-state index contributed by atoms with van der Waals surface area (Å²) in [5.41, 5.74) is -0.225. The number of nitrogens with zero attached hydrogens (tertiary/aromatic N) is 2. The number of pyridine rings is 1. The first-order valence-corrected chi connectivity index (χ1v) is 10.8. The number of aromatic nitrogens is 1. The van der Waals surface area contributed by atoms with E-state index >= 15 is 0 Å². The fourth-order valence-electron chi connectivity index (χ4n) is 4.25. The second-order valence-electron chi connectivity index (χ2n) is 8.67. The first kappa shape index (κ1) is 20.6. The molecule has 1 saturated carbocycles. The number of rotatable bonds is 5. The highest BCUT2D eigenvalue weighted by molar-refractivity contribution is 5.99. The van der Waals surface area contributed by atoms with E-state index in [4.69, 9.17) is 0 Å². The summed E-state index contributed by atoms with van der Waals surface area (Å²) in [6, 6.07) is 0.126. The van der Waals surface area contributed by atoms with Crippen LogP contribution >= 0.6 is 0 Å². The Bertz CT molecular complexity index is 757. The van der Waals surface area contributed by atoms with Gasteiger partial charge in [-0.1, -0.05) is 33.1 Å². The SMILES string of the molecule is CC(C)Cn1cc(C(=O)NC2CCCCC2)c(=O)c(C(=O)N2CCCCC2)c1. The predicted octanol–water partition coefficient (Wildman–Crippen LogP) is 3.19. The Morgan fingerprint density at radius 2 is 1.61 bits per heavy atom. The van der Waals surface area contributed by atoms with Crippen molar-refractivity contribution < 1.29 is 9.59 Å². The predicted molar refractivity (Wildman–Crippen MR) is 110 cm³/mol. The van der Waals surface area contributed by atoms with Crippen LogP contribution < -0.4 is 10.7 Å². The Balaban J connectivity index is 1.90. The summed E-state index contributed by atoms with van der Waals surface area (Å²) in [4.78, 5) is 40.7. The van der Waals surface area contributed by atoms with Crippen molar-refractivity contribution in [1.82, 2.24) is 14.8 Å². The lowest BCUT2D eigenvalue weighted by atomic mass is 9.95. The van der Waals surface area contributed by atoms with E-state index in [1.165, 1.54) is 6.42 Å². The standard InChI is InChI=1S/C22H33N3O3/c1-16(2)13-24-14-18(21(27)23-17-9-5-3-6-10-17)20(26)19(15-24)22(28)25-11-7-4-8-12-25/h14-17H,3-13H2,1-2H3,(H,23,27). The fraction of sp³-hybridized carbons (Fsp3) is 0.682. The molecule has 2 heterocycles. The minimum atomic E-state index is -0.441. The van der Waals surface area contributed by atoms with E-state index in [0.29, 0.717) is 25.6 Å². The number of amides is 2. The lowest BCUT2D eigenvalue weighted by Gasteiger charge is -2.27. The molecule has 1 aromatic heterocycles. The zero-order valence-electron chi connectivity index (χ0n) is 17.2. The number of piperidine rings is 1. The summed E-state index contributed by atoms with van der Waals surface area (Å²) in [5, 5.41) is 3.03. The number of hydrogen-bond donors (Lipinski definition) is 1. The molecule has 1 saturated heterocycles. The second kappa shape index (κ2) is 9.39. The average Bonchev–Trinajstić information content (AvgIpc) is 2.69. The van der Waals surface area contributed by atoms with Gasteiger partial charge in [0, 0.05) is 38.1 Å². The van der Waals surface area contributed by atoms with E-state index in [2.05, 4.69) is 19.2 Å². The lowest BCUT2D eigenvalue weighted by molar-refractivity contribution is 0.0722. The van der Waals surface area contributed by atoms with Gasteiger partial charge in [0.25, 0.3) is 11.8 Å². The quantitative estimate of drug-likeness (QED) is 0.843. The Hall–Kier alpha value is -2.11. The van der Waals surface area contributed by atoms with Crippen molar-refractivity contribution in [2.75, 3.05) is 13.1 Å². The molecule has 0 spiro atoms. The molecule has 6 nitrogen and oxygen atoms in total. The number of likely N-dealkylation sites (tertiary alicyclic amines) is 1. The second-order valence-corrected chi connectivity index (χ2v) is 8.67. The number of carbonyl (C=O) groups excluding carboxylic acids is 2. The first-order valence-electron chi connectivity index (χ1n) is 10.8. The Morgan fingerprint density at radius 1 is 1.00 bits per heavy atom. The topological polar surface area (TPSA) is 71.4 Å². The van der Waals surface area contributed by atoms with E-state index < -0.39 is 5.43 Å². The number of nitrogens with one attached hydrogen (secondary N) is 1. The molecule has 0 aromatic carbocycles. The highest BCUT2D eigenvalue weighted by Crippen LogP contribution is 2.18. The van der Waals surface area contributed by atoms with Crippen LogP contribution in [0.3, 0.4) is 0 Å². The van der Waals surface area contributed by atoms with Gasteiger partial charge >= 0.3 is 0 Å². The van der Waals surface area contributed by atoms with Crippen LogP contribution in [0.15, 0.2) is 17.2 Å². The summed E-state index contributed by atoms with van der Waals surface area (Å²) >= 11 is 0. The molecule has 0 unspecified atom stereocenters. The summed E-state index contributed by atoms with van der Waals surface area (Å²) in [5.74, 6) is -0.244. The molecular weight excluding hydrogens is 354 g/mol. The first-order chi connectivity index (χ1) is 13.5. The van der Waals surface area contributed by atoms with Crippen LogP contribution in [0.25, 0.3) is 0 Å². The van der Waals surface area contributed by atoms with Gasteiger partial charge in [-0.05, 0) is 38.0 Å². The summed E-state index contributed by atoms with van der Waals surface area (Å²) < 4.78 is 1.83. The minimum Gasteiger partial charge on any atom is -0.352 e. The van der Waals surface area contributed by atoms with Crippen LogP contribution in [0.1, 0.15) is 85.9 Å². The number of carbonyl (C=O) groups is 2. The van der Waals surface area contributed by atoms with Gasteiger partial charge in [0.1, 0.15) is 11.1 Å². The molecule has 154 valence electrons. The largest absolute Gasteiger partial charge is 0.352 e. The van der Waals surface area contributed by atoms with Crippen molar-refractivity contribution in [2.45, 2.75) is 77.8 Å². The minimum absolute atomic E-state index is 0.0917. The molecule has 0 bridgehead atoms. The monoisotopic (exact) mass is 387 g/mol. The van der Waals surface area contributed by atoms with E-state index in [1.54, 1.807) is 17.3 Å². The number of hydrogen-bond acceptors (Lipinski definition) is 3. The molecule has 1 aliphatic heterocycles. The molecule has 2 fully saturated rings. The van der Waals surface area contributed by atoms with Crippen LogP contribution in [-0.2, 0) is 6.54 Å². The van der Waals surface area contributed by atoms with Gasteiger partial charge in [0.05, 0.1) is 0 Å². The van der Waals surface area contributed by atoms with Gasteiger partial charge in [-0.15, -0.1) is 0 Å². The van der Waals surface area contributed by atoms with Gasteiger partial charge in [-0.2, -0.15) is 0 Å². The van der Waals surface area contributed by atoms with Gasteiger partial charge in [-0.25, -0.2) is 0 Å². The van der Waals surface area contributed by atoms with Crippen molar-refractivity contribution in [3.05, 3.63) is 33.7 Å². The smallest absolute Gasteiger partial charge is 0.259 e. The van der Waals surface area contributed by atoms with E-state index in [9.17, 15) is 14.4 Å². The van der Waals surface area contributed by atoms with E-state index in [-0.39, 0.29) is 29.0 Å². The molecule has 1 N–H and O–H groups in total. The van der Waals surface area contributed by atoms with Gasteiger partial charge in [0.15, 0.2) is 0 Å². The lowest BCUT2D eigenvalue weighted by Crippen LogP contribution is -2.42. The average molecular weight is 388 g/mol. The Labute approximate surface area is 167 Å². The summed E-state index contributed by atoms with van der Waals surface area (Å²) in [7, 11) is 0. The van der Waals surface area contributed by atoms with Gasteiger partial charge in [0.2, 0.25) is 5.43 Å². The van der Waals surface area contributed by atoms with Crippen LogP contribution in [-0.4, -0.2) is 40.4 Å². The zero-order valence-corrected chi connectivity index (χ0v) is 17.2. The maximum absolute atomic E-state index is 13.1. The van der Waals surface area contributed by atoms with Crippen molar-refractivity contribution in [3.8, 4) is 0 Å². The fourth-order valence-corrected chi connectivity index (χ4v) is 4.25. The molecule has 6 heteroatoms. The highest BCUT2D eigenvalue weighted by Gasteiger charge is 2.25. The molecule has 2 amide bonds. The van der Waals surface area contributed by atoms with Crippen molar-refractivity contribution in [2.24, 2.45) is 5.92 Å². The van der Waals surface area contributed by atoms with Crippen LogP contribution in [0, 0.1) is 5.92 Å². The normalized spacial score (nSPS) is 18.3. The van der Waals surface area contributed by atoms with Gasteiger partial charge in [-0.3, -0.25) is 14.4 Å². The molecule has 2 aliphatic rings. The Kier molecular flexibility index (Phi) is 6.92. The van der Waals surface area contributed by atoms with Crippen molar-refractivity contribution >= 4 is 11.8 Å². The molecule has 28 heavy (non-hydrogen) atoms. The van der Waals surface area contributed by atoms with E-state index in [0.717, 1.165) is 44.9 Å². The van der Waals surface area contributed by atoms with Crippen molar-refractivity contribution in [1.29, 1.82) is 0 Å². The van der Waals surface area contributed by atoms with Crippen LogP contribution in [0.5, 0.6) is 0 Å². The molecule has 0 atom stereocenters. The van der Waals surface area contributed by atoms with E-state index in [1.807, 2.05) is 4.57 Å². The Morgan fingerprint density at radius 3 is 2.25 bits per heavy atom. The third kappa shape index (κ3) is 5.03. The van der Waals surface area contributed by atoms with Crippen LogP contribution in [0.2, 0.25) is 0 Å². The molecular formula is C22H33N3O3. The summed E-state index contributed by atoms with van der Waals surface area (Å²) in [6.45, 7) is 6.17. The van der Waals surface area contributed by atoms with Gasteiger partial charge < -0.3 is 14.8 Å². The third-order valence-corrected chi connectivity index (χ3v) is 5.71. The maximum Gasteiger partial charge on any atom is 0.259 e. The summed E-state index contributed by atoms with van der Waals surface area (Å²) in [6.07, 6.45) is 11.6. The van der Waals surface area contributed by atoms with Crippen LogP contribution in [0.4, 0.5) is 0 Å². The maximum atomic E-state index is 13.1. The highest BCUT2D eigenvalue weighted by atomic mass is 16.2. The molecule has 1 aromatic rings. The molecule has 3 rings (SSSR count). The third-order valence-electron chi connectivity index (χ3n) is 5.71. The van der Waals surface area contributed by atoms with Crippen molar-refractivity contribution in [3.63, 3.8) is 0 Å².